The summed E-state index contributed by atoms with van der Waals surface area (Å²) in [6.07, 6.45) is 3.81. The van der Waals surface area contributed by atoms with E-state index in [1.807, 2.05) is 0 Å². The van der Waals surface area contributed by atoms with Crippen LogP contribution in [0, 0.1) is 23.2 Å². The third-order valence-corrected chi connectivity index (χ3v) is 3.83. The van der Waals surface area contributed by atoms with Crippen molar-refractivity contribution in [3.63, 3.8) is 0 Å². The molecule has 3 atom stereocenters. The molecular formula is C14H25N3. The van der Waals surface area contributed by atoms with Crippen molar-refractivity contribution >= 4 is 0 Å². The van der Waals surface area contributed by atoms with Crippen LogP contribution in [-0.2, 0) is 0 Å². The average molecular weight is 235 g/mol. The van der Waals surface area contributed by atoms with E-state index in [1.54, 1.807) is 0 Å². The van der Waals surface area contributed by atoms with Gasteiger partial charge < -0.3 is 0 Å². The third-order valence-electron chi connectivity index (χ3n) is 3.83. The molecule has 96 valence electrons. The van der Waals surface area contributed by atoms with Gasteiger partial charge in [0.05, 0.1) is 6.07 Å². The van der Waals surface area contributed by atoms with Gasteiger partial charge in [-0.1, -0.05) is 13.8 Å². The highest BCUT2D eigenvalue weighted by Gasteiger charge is 2.35. The van der Waals surface area contributed by atoms with Crippen LogP contribution in [0.5, 0.6) is 0 Å². The van der Waals surface area contributed by atoms with Crippen molar-refractivity contribution in [3.05, 3.63) is 0 Å². The highest BCUT2D eigenvalue weighted by atomic mass is 15.2. The van der Waals surface area contributed by atoms with Gasteiger partial charge in [-0.15, -0.1) is 0 Å². The van der Waals surface area contributed by atoms with Gasteiger partial charge in [0.25, 0.3) is 0 Å². The van der Waals surface area contributed by atoms with Gasteiger partial charge in [-0.2, -0.15) is 5.26 Å². The lowest BCUT2D eigenvalue weighted by Crippen LogP contribution is -2.54. The second-order valence-corrected chi connectivity index (χ2v) is 6.50. The summed E-state index contributed by atoms with van der Waals surface area (Å²) in [5.41, 5.74) is -0.363. The zero-order chi connectivity index (χ0) is 12.5. The van der Waals surface area contributed by atoms with Crippen LogP contribution in [0.1, 0.15) is 40.0 Å². The fourth-order valence-corrected chi connectivity index (χ4v) is 3.16. The highest BCUT2D eigenvalue weighted by molar-refractivity contribution is 5.09. The molecule has 0 radical (unpaired) electrons. The molecule has 1 N–H and O–H groups in total. The Labute approximate surface area is 105 Å². The van der Waals surface area contributed by atoms with Gasteiger partial charge in [0.2, 0.25) is 0 Å². The maximum atomic E-state index is 9.39. The van der Waals surface area contributed by atoms with Crippen LogP contribution in [0.2, 0.25) is 0 Å². The third kappa shape index (κ3) is 3.69. The van der Waals surface area contributed by atoms with Crippen molar-refractivity contribution < 1.29 is 0 Å². The van der Waals surface area contributed by atoms with Crippen LogP contribution in [0.25, 0.3) is 0 Å². The maximum Gasteiger partial charge on any atom is 0.116 e. The molecule has 0 aromatic heterocycles. The minimum atomic E-state index is -0.363. The molecule has 1 saturated carbocycles. The van der Waals surface area contributed by atoms with Crippen molar-refractivity contribution in [2.24, 2.45) is 11.8 Å². The van der Waals surface area contributed by atoms with E-state index in [2.05, 4.69) is 37.1 Å². The maximum absolute atomic E-state index is 9.39. The zero-order valence-corrected chi connectivity index (χ0v) is 11.4. The molecule has 0 amide bonds. The van der Waals surface area contributed by atoms with E-state index in [1.165, 1.54) is 19.3 Å². The molecule has 2 rings (SSSR count). The van der Waals surface area contributed by atoms with E-state index in [9.17, 15) is 5.26 Å². The number of rotatable bonds is 4. The first-order valence-electron chi connectivity index (χ1n) is 6.92. The van der Waals surface area contributed by atoms with E-state index in [0.717, 1.165) is 31.5 Å². The quantitative estimate of drug-likeness (QED) is 0.810. The first-order chi connectivity index (χ1) is 8.00. The Balaban J connectivity index is 1.90. The lowest BCUT2D eigenvalue weighted by atomic mass is 9.90. The molecule has 3 heteroatoms. The Morgan fingerprint density at radius 3 is 2.35 bits per heavy atom. The van der Waals surface area contributed by atoms with Gasteiger partial charge in [-0.25, -0.2) is 0 Å². The van der Waals surface area contributed by atoms with E-state index >= 15 is 0 Å². The Hall–Kier alpha value is -0.590. The van der Waals surface area contributed by atoms with Crippen molar-refractivity contribution in [1.29, 1.82) is 5.26 Å². The molecule has 0 aromatic carbocycles. The molecule has 2 aliphatic rings. The first-order valence-corrected chi connectivity index (χ1v) is 6.92. The lowest BCUT2D eigenvalue weighted by Gasteiger charge is -2.38. The summed E-state index contributed by atoms with van der Waals surface area (Å²) in [6.45, 7) is 9.85. The topological polar surface area (TPSA) is 39.1 Å². The van der Waals surface area contributed by atoms with Gasteiger partial charge in [0.15, 0.2) is 0 Å². The SMILES string of the molecule is CC1CC(C)CN(CC(C)(C#N)NC2CC2)C1. The molecule has 3 nitrogen and oxygen atoms in total. The van der Waals surface area contributed by atoms with Crippen LogP contribution < -0.4 is 5.32 Å². The number of hydrogen-bond acceptors (Lipinski definition) is 3. The van der Waals surface area contributed by atoms with E-state index in [-0.39, 0.29) is 5.54 Å². The molecule has 3 unspecified atom stereocenters. The van der Waals surface area contributed by atoms with Crippen LogP contribution >= 0.6 is 0 Å². The minimum absolute atomic E-state index is 0.363. The second kappa shape index (κ2) is 4.96. The zero-order valence-electron chi connectivity index (χ0n) is 11.4. The Bertz CT molecular complexity index is 295. The van der Waals surface area contributed by atoms with Gasteiger partial charge in [0, 0.05) is 25.7 Å². The van der Waals surface area contributed by atoms with E-state index in [0.29, 0.717) is 6.04 Å². The molecule has 1 aliphatic heterocycles. The summed E-state index contributed by atoms with van der Waals surface area (Å²) in [4.78, 5) is 2.47. The molecule has 0 aromatic rings. The summed E-state index contributed by atoms with van der Waals surface area (Å²) in [5, 5.41) is 12.9. The average Bonchev–Trinajstić information content (AvgIpc) is 2.99. The summed E-state index contributed by atoms with van der Waals surface area (Å²) in [5.74, 6) is 1.53. The van der Waals surface area contributed by atoms with Gasteiger partial charge in [-0.05, 0) is 38.0 Å². The summed E-state index contributed by atoms with van der Waals surface area (Å²) < 4.78 is 0. The fourth-order valence-electron chi connectivity index (χ4n) is 3.16. The smallest absolute Gasteiger partial charge is 0.116 e. The normalized spacial score (nSPS) is 34.0. The van der Waals surface area contributed by atoms with Crippen molar-refractivity contribution in [1.82, 2.24) is 10.2 Å². The molecule has 1 heterocycles. The summed E-state index contributed by atoms with van der Waals surface area (Å²) in [6, 6.07) is 3.07. The fraction of sp³-hybridized carbons (Fsp3) is 0.929. The highest BCUT2D eigenvalue weighted by Crippen LogP contribution is 2.25. The number of nitrogens with one attached hydrogen (secondary N) is 1. The number of piperidine rings is 1. The molecule has 17 heavy (non-hydrogen) atoms. The van der Waals surface area contributed by atoms with Crippen molar-refractivity contribution in [3.8, 4) is 6.07 Å². The van der Waals surface area contributed by atoms with Crippen LogP contribution in [-0.4, -0.2) is 36.1 Å². The molecule has 0 spiro atoms. The molecule has 1 saturated heterocycles. The molecule has 0 bridgehead atoms. The van der Waals surface area contributed by atoms with E-state index in [4.69, 9.17) is 0 Å². The predicted octanol–water partition coefficient (Wildman–Crippen LogP) is 2.00. The largest absolute Gasteiger partial charge is 0.300 e. The Kier molecular flexibility index (Phi) is 3.75. The molecule has 1 aliphatic carbocycles. The molecular weight excluding hydrogens is 210 g/mol. The van der Waals surface area contributed by atoms with Crippen LogP contribution in [0.15, 0.2) is 0 Å². The van der Waals surface area contributed by atoms with Gasteiger partial charge in [-0.3, -0.25) is 10.2 Å². The predicted molar refractivity (Wildman–Crippen MR) is 69.6 cm³/mol. The standard InChI is InChI=1S/C14H25N3/c1-11-6-12(2)8-17(7-11)10-14(3,9-15)16-13-4-5-13/h11-13,16H,4-8,10H2,1-3H3. The second-order valence-electron chi connectivity index (χ2n) is 6.50. The van der Waals surface area contributed by atoms with Gasteiger partial charge in [0.1, 0.15) is 5.54 Å². The summed E-state index contributed by atoms with van der Waals surface area (Å²) in [7, 11) is 0. The number of likely N-dealkylation sites (tertiary alicyclic amines) is 1. The van der Waals surface area contributed by atoms with E-state index < -0.39 is 0 Å². The van der Waals surface area contributed by atoms with Crippen molar-refractivity contribution in [2.45, 2.75) is 51.6 Å². The summed E-state index contributed by atoms with van der Waals surface area (Å²) >= 11 is 0. The Morgan fingerprint density at radius 1 is 1.29 bits per heavy atom. The number of hydrogen-bond donors (Lipinski definition) is 1. The van der Waals surface area contributed by atoms with Crippen LogP contribution in [0.3, 0.4) is 0 Å². The molecule has 2 fully saturated rings. The van der Waals surface area contributed by atoms with Gasteiger partial charge >= 0.3 is 0 Å². The Morgan fingerprint density at radius 2 is 1.88 bits per heavy atom. The van der Waals surface area contributed by atoms with Crippen LogP contribution in [0.4, 0.5) is 0 Å². The monoisotopic (exact) mass is 235 g/mol. The minimum Gasteiger partial charge on any atom is -0.300 e. The number of nitrogens with zero attached hydrogens (tertiary/aromatic N) is 2. The van der Waals surface area contributed by atoms with Crippen molar-refractivity contribution in [2.75, 3.05) is 19.6 Å². The first kappa shape index (κ1) is 12.9. The number of nitriles is 1. The lowest BCUT2D eigenvalue weighted by molar-refractivity contribution is 0.118.